The summed E-state index contributed by atoms with van der Waals surface area (Å²) in [4.78, 5) is 29.8. The van der Waals surface area contributed by atoms with E-state index in [1.165, 1.54) is 16.6 Å². The molecule has 0 saturated carbocycles. The Hall–Kier alpha value is -2.69. The second-order valence-corrected chi connectivity index (χ2v) is 10.2. The van der Waals surface area contributed by atoms with Crippen molar-refractivity contribution in [2.24, 2.45) is 0 Å². The summed E-state index contributed by atoms with van der Waals surface area (Å²) >= 11 is 0. The van der Waals surface area contributed by atoms with Gasteiger partial charge in [0.05, 0.1) is 6.54 Å². The van der Waals surface area contributed by atoms with Crippen molar-refractivity contribution >= 4 is 27.5 Å². The molecule has 0 atom stereocenters. The minimum Gasteiger partial charge on any atom is -0.356 e. The van der Waals surface area contributed by atoms with Crippen LogP contribution in [0.2, 0.25) is 0 Å². The van der Waals surface area contributed by atoms with Crippen molar-refractivity contribution in [3.8, 4) is 0 Å². The molecule has 10 heteroatoms. The number of nitrogens with zero attached hydrogens (tertiary/aromatic N) is 2. The van der Waals surface area contributed by atoms with E-state index in [1.807, 2.05) is 30.3 Å². The number of sulfonamides is 1. The maximum atomic E-state index is 12.6. The van der Waals surface area contributed by atoms with E-state index in [-0.39, 0.29) is 28.4 Å². The first-order valence-corrected chi connectivity index (χ1v) is 12.4. The van der Waals surface area contributed by atoms with Crippen LogP contribution in [-0.2, 0) is 14.8 Å². The van der Waals surface area contributed by atoms with Crippen LogP contribution in [0.1, 0.15) is 36.2 Å². The fourth-order valence-corrected chi connectivity index (χ4v) is 5.67. The average molecular weight is 460 g/mol. The quantitative estimate of drug-likeness (QED) is 0.582. The smallest absolute Gasteiger partial charge is 0.267 e. The molecule has 4 rings (SSSR count). The van der Waals surface area contributed by atoms with Gasteiger partial charge in [0.15, 0.2) is 0 Å². The first-order chi connectivity index (χ1) is 15.4. The second-order valence-electron chi connectivity index (χ2n) is 8.30. The van der Waals surface area contributed by atoms with Crippen molar-refractivity contribution in [3.63, 3.8) is 0 Å². The van der Waals surface area contributed by atoms with Crippen molar-refractivity contribution in [1.82, 2.24) is 19.5 Å². The summed E-state index contributed by atoms with van der Waals surface area (Å²) in [6, 6.07) is 10.7. The Morgan fingerprint density at radius 3 is 2.41 bits per heavy atom. The van der Waals surface area contributed by atoms with E-state index >= 15 is 0 Å². The SMILES string of the molecule is O=C(CN1CCC(NC(=O)c2cc(S(=O)(=O)N3CCCC3)c[nH]2)CC1)Nc1ccccc1. The number of amides is 2. The van der Waals surface area contributed by atoms with E-state index in [2.05, 4.69) is 20.5 Å². The van der Waals surface area contributed by atoms with Gasteiger partial charge in [-0.1, -0.05) is 18.2 Å². The molecule has 3 heterocycles. The Labute approximate surface area is 188 Å². The summed E-state index contributed by atoms with van der Waals surface area (Å²) < 4.78 is 26.7. The predicted octanol–water partition coefficient (Wildman–Crippen LogP) is 1.63. The molecule has 2 aliphatic rings. The zero-order chi connectivity index (χ0) is 22.6. The molecule has 2 aromatic rings. The molecule has 1 aromatic heterocycles. The summed E-state index contributed by atoms with van der Waals surface area (Å²) in [5.41, 5.74) is 1.02. The predicted molar refractivity (Wildman–Crippen MR) is 121 cm³/mol. The van der Waals surface area contributed by atoms with Gasteiger partial charge in [0, 0.05) is 44.1 Å². The van der Waals surface area contributed by atoms with E-state index in [1.54, 1.807) is 0 Å². The molecule has 0 bridgehead atoms. The molecule has 2 saturated heterocycles. The Morgan fingerprint density at radius 2 is 1.72 bits per heavy atom. The molecular formula is C22H29N5O4S. The number of aromatic amines is 1. The normalized spacial score (nSPS) is 18.5. The summed E-state index contributed by atoms with van der Waals surface area (Å²) in [6.45, 7) is 2.76. The van der Waals surface area contributed by atoms with Crippen LogP contribution in [0.4, 0.5) is 5.69 Å². The minimum atomic E-state index is -3.55. The van der Waals surface area contributed by atoms with Crippen molar-refractivity contribution in [1.29, 1.82) is 0 Å². The van der Waals surface area contributed by atoms with Crippen LogP contribution >= 0.6 is 0 Å². The highest BCUT2D eigenvalue weighted by molar-refractivity contribution is 7.89. The van der Waals surface area contributed by atoms with Crippen LogP contribution in [-0.4, -0.2) is 73.2 Å². The molecule has 9 nitrogen and oxygen atoms in total. The Morgan fingerprint density at radius 1 is 1.03 bits per heavy atom. The number of para-hydroxylation sites is 1. The number of piperidine rings is 1. The van der Waals surface area contributed by atoms with Crippen LogP contribution in [0.5, 0.6) is 0 Å². The fraction of sp³-hybridized carbons (Fsp3) is 0.455. The van der Waals surface area contributed by atoms with Crippen molar-refractivity contribution in [2.45, 2.75) is 36.6 Å². The first kappa shape index (κ1) is 22.5. The molecular weight excluding hydrogens is 430 g/mol. The number of benzene rings is 1. The average Bonchev–Trinajstić information content (AvgIpc) is 3.49. The number of aromatic nitrogens is 1. The number of rotatable bonds is 7. The number of carbonyl (C=O) groups is 2. The van der Waals surface area contributed by atoms with E-state index in [0.29, 0.717) is 32.7 Å². The molecule has 3 N–H and O–H groups in total. The molecule has 0 radical (unpaired) electrons. The third-order valence-corrected chi connectivity index (χ3v) is 7.83. The largest absolute Gasteiger partial charge is 0.356 e. The number of carbonyl (C=O) groups excluding carboxylic acids is 2. The Balaban J connectivity index is 1.24. The van der Waals surface area contributed by atoms with Gasteiger partial charge in [-0.05, 0) is 43.9 Å². The molecule has 2 amide bonds. The van der Waals surface area contributed by atoms with Crippen LogP contribution in [0.25, 0.3) is 0 Å². The number of nitrogens with one attached hydrogen (secondary N) is 3. The Kier molecular flexibility index (Phi) is 6.92. The third kappa shape index (κ3) is 5.37. The van der Waals surface area contributed by atoms with Crippen molar-refractivity contribution in [3.05, 3.63) is 48.3 Å². The maximum Gasteiger partial charge on any atom is 0.267 e. The lowest BCUT2D eigenvalue weighted by molar-refractivity contribution is -0.117. The Bertz CT molecular complexity index is 1040. The zero-order valence-electron chi connectivity index (χ0n) is 17.9. The monoisotopic (exact) mass is 459 g/mol. The van der Waals surface area contributed by atoms with Gasteiger partial charge < -0.3 is 15.6 Å². The van der Waals surface area contributed by atoms with E-state index in [0.717, 1.165) is 31.4 Å². The summed E-state index contributed by atoms with van der Waals surface area (Å²) in [6.07, 6.45) is 4.57. The molecule has 32 heavy (non-hydrogen) atoms. The van der Waals surface area contributed by atoms with E-state index in [9.17, 15) is 18.0 Å². The van der Waals surface area contributed by atoms with Gasteiger partial charge in [-0.3, -0.25) is 14.5 Å². The number of hydrogen-bond donors (Lipinski definition) is 3. The van der Waals surface area contributed by atoms with Gasteiger partial charge in [-0.2, -0.15) is 4.31 Å². The standard InChI is InChI=1S/C22H29N5O4S/c28-21(24-17-6-2-1-3-7-17)16-26-12-8-18(9-13-26)25-22(29)20-14-19(15-23-20)32(30,31)27-10-4-5-11-27/h1-3,6-7,14-15,18,23H,4-5,8-13,16H2,(H,24,28)(H,25,29). The topological polar surface area (TPSA) is 115 Å². The lowest BCUT2D eigenvalue weighted by Gasteiger charge is -2.31. The maximum absolute atomic E-state index is 12.6. The molecule has 172 valence electrons. The first-order valence-electron chi connectivity index (χ1n) is 11.0. The van der Waals surface area contributed by atoms with E-state index < -0.39 is 10.0 Å². The highest BCUT2D eigenvalue weighted by Gasteiger charge is 2.29. The molecule has 1 aromatic carbocycles. The minimum absolute atomic E-state index is 0.0159. The number of hydrogen-bond acceptors (Lipinski definition) is 5. The van der Waals surface area contributed by atoms with Crippen molar-refractivity contribution < 1.29 is 18.0 Å². The van der Waals surface area contributed by atoms with Gasteiger partial charge >= 0.3 is 0 Å². The summed E-state index contributed by atoms with van der Waals surface area (Å²) in [5, 5.41) is 5.86. The molecule has 2 aliphatic heterocycles. The van der Waals surface area contributed by atoms with E-state index in [4.69, 9.17) is 0 Å². The molecule has 0 aliphatic carbocycles. The number of anilines is 1. The molecule has 2 fully saturated rings. The van der Waals surface area contributed by atoms with Crippen molar-refractivity contribution in [2.75, 3.05) is 38.0 Å². The lowest BCUT2D eigenvalue weighted by atomic mass is 10.0. The van der Waals surface area contributed by atoms with Crippen LogP contribution in [0.3, 0.4) is 0 Å². The van der Waals surface area contributed by atoms with Crippen LogP contribution < -0.4 is 10.6 Å². The van der Waals surface area contributed by atoms with Gasteiger partial charge in [-0.15, -0.1) is 0 Å². The van der Waals surface area contributed by atoms with Crippen LogP contribution in [0, 0.1) is 0 Å². The third-order valence-electron chi connectivity index (χ3n) is 5.95. The second kappa shape index (κ2) is 9.85. The summed E-state index contributed by atoms with van der Waals surface area (Å²) in [7, 11) is -3.55. The highest BCUT2D eigenvalue weighted by atomic mass is 32.2. The van der Waals surface area contributed by atoms with Crippen LogP contribution in [0.15, 0.2) is 47.5 Å². The fourth-order valence-electron chi connectivity index (χ4n) is 4.16. The number of H-pyrrole nitrogens is 1. The van der Waals surface area contributed by atoms with Gasteiger partial charge in [0.1, 0.15) is 10.6 Å². The lowest BCUT2D eigenvalue weighted by Crippen LogP contribution is -2.46. The highest BCUT2D eigenvalue weighted by Crippen LogP contribution is 2.21. The van der Waals surface area contributed by atoms with Gasteiger partial charge in [0.25, 0.3) is 5.91 Å². The summed E-state index contributed by atoms with van der Waals surface area (Å²) in [5.74, 6) is -0.370. The zero-order valence-corrected chi connectivity index (χ0v) is 18.7. The molecule has 0 unspecified atom stereocenters. The molecule has 0 spiro atoms. The number of likely N-dealkylation sites (tertiary alicyclic amines) is 1. The van der Waals surface area contributed by atoms with Gasteiger partial charge in [-0.25, -0.2) is 8.42 Å². The van der Waals surface area contributed by atoms with Gasteiger partial charge in [0.2, 0.25) is 15.9 Å².